The number of carbonyl (C=O) groups excluding carboxylic acids is 1. The van der Waals surface area contributed by atoms with Crippen molar-refractivity contribution in [1.82, 2.24) is 15.1 Å². The average molecular weight is 267 g/mol. The quantitative estimate of drug-likeness (QED) is 0.848. The molecule has 0 aliphatic carbocycles. The third kappa shape index (κ3) is 4.35. The van der Waals surface area contributed by atoms with E-state index >= 15 is 0 Å². The molecule has 1 aromatic rings. The highest BCUT2D eigenvalue weighted by atomic mass is 16.6. The van der Waals surface area contributed by atoms with Gasteiger partial charge in [-0.15, -0.1) is 0 Å². The Morgan fingerprint density at radius 3 is 2.42 bits per heavy atom. The summed E-state index contributed by atoms with van der Waals surface area (Å²) in [6.07, 6.45) is 0. The predicted molar refractivity (Wildman–Crippen MR) is 74.9 cm³/mol. The fourth-order valence-corrected chi connectivity index (χ4v) is 2.13. The van der Waals surface area contributed by atoms with Crippen molar-refractivity contribution in [3.63, 3.8) is 0 Å². The van der Waals surface area contributed by atoms with Gasteiger partial charge in [-0.25, -0.2) is 0 Å². The normalized spacial score (nSPS) is 13.4. The highest BCUT2D eigenvalue weighted by molar-refractivity contribution is 5.72. The van der Waals surface area contributed by atoms with Crippen LogP contribution in [0, 0.1) is 13.8 Å². The third-order valence-electron chi connectivity index (χ3n) is 2.97. The lowest BCUT2D eigenvalue weighted by molar-refractivity contribution is -0.153. The number of aryl methyl sites for hydroxylation is 2. The molecule has 0 aliphatic heterocycles. The standard InChI is InChI=1S/C14H25N3O2/c1-9(13-10(2)16-17(7)11(13)3)15-8-12(18)19-14(4,5)6/h9,15H,8H2,1-7H3. The Kier molecular flexibility index (Phi) is 4.74. The minimum Gasteiger partial charge on any atom is -0.459 e. The first-order chi connectivity index (χ1) is 8.61. The first-order valence-corrected chi connectivity index (χ1v) is 6.57. The molecule has 0 bridgehead atoms. The van der Waals surface area contributed by atoms with Crippen LogP contribution in [0.15, 0.2) is 0 Å². The van der Waals surface area contributed by atoms with Crippen LogP contribution in [0.3, 0.4) is 0 Å². The lowest BCUT2D eigenvalue weighted by Crippen LogP contribution is -2.33. The fourth-order valence-electron chi connectivity index (χ4n) is 2.13. The van der Waals surface area contributed by atoms with E-state index in [1.807, 2.05) is 53.3 Å². The topological polar surface area (TPSA) is 56.2 Å². The number of carbonyl (C=O) groups is 1. The molecular weight excluding hydrogens is 242 g/mol. The molecular formula is C14H25N3O2. The minimum atomic E-state index is -0.442. The average Bonchev–Trinajstić information content (AvgIpc) is 2.47. The molecule has 0 saturated heterocycles. The summed E-state index contributed by atoms with van der Waals surface area (Å²) in [6, 6.07) is 0.0706. The smallest absolute Gasteiger partial charge is 0.320 e. The Balaban J connectivity index is 2.61. The summed E-state index contributed by atoms with van der Waals surface area (Å²) in [6.45, 7) is 11.8. The summed E-state index contributed by atoms with van der Waals surface area (Å²) in [5.41, 5.74) is 2.80. The Hall–Kier alpha value is -1.36. The molecule has 0 aromatic carbocycles. The van der Waals surface area contributed by atoms with Crippen LogP contribution < -0.4 is 5.32 Å². The van der Waals surface area contributed by atoms with E-state index in [4.69, 9.17) is 4.74 Å². The van der Waals surface area contributed by atoms with Crippen molar-refractivity contribution >= 4 is 5.97 Å². The van der Waals surface area contributed by atoms with Gasteiger partial charge in [-0.3, -0.25) is 9.48 Å². The van der Waals surface area contributed by atoms with Crippen LogP contribution in [0.4, 0.5) is 0 Å². The van der Waals surface area contributed by atoms with Crippen molar-refractivity contribution in [2.45, 2.75) is 53.2 Å². The molecule has 0 fully saturated rings. The minimum absolute atomic E-state index is 0.0706. The Bertz CT molecular complexity index is 458. The Morgan fingerprint density at radius 1 is 1.42 bits per heavy atom. The van der Waals surface area contributed by atoms with Gasteiger partial charge in [0, 0.05) is 24.3 Å². The van der Waals surface area contributed by atoms with Gasteiger partial charge in [-0.2, -0.15) is 5.10 Å². The van der Waals surface area contributed by atoms with Crippen molar-refractivity contribution in [1.29, 1.82) is 0 Å². The molecule has 108 valence electrons. The second-order valence-electron chi connectivity index (χ2n) is 5.90. The molecule has 1 unspecified atom stereocenters. The summed E-state index contributed by atoms with van der Waals surface area (Å²) < 4.78 is 7.12. The van der Waals surface area contributed by atoms with Crippen molar-refractivity contribution < 1.29 is 9.53 Å². The summed E-state index contributed by atoms with van der Waals surface area (Å²) in [5.74, 6) is -0.237. The number of nitrogens with one attached hydrogen (secondary N) is 1. The molecule has 0 saturated carbocycles. The molecule has 0 amide bonds. The summed E-state index contributed by atoms with van der Waals surface area (Å²) in [4.78, 5) is 11.7. The zero-order valence-electron chi connectivity index (χ0n) is 13.0. The first kappa shape index (κ1) is 15.7. The zero-order valence-corrected chi connectivity index (χ0v) is 13.0. The summed E-state index contributed by atoms with van der Waals surface area (Å²) in [5, 5.41) is 7.57. The van der Waals surface area contributed by atoms with Gasteiger partial charge < -0.3 is 10.1 Å². The molecule has 19 heavy (non-hydrogen) atoms. The molecule has 1 heterocycles. The Morgan fingerprint density at radius 2 is 2.00 bits per heavy atom. The molecule has 5 nitrogen and oxygen atoms in total. The van der Waals surface area contributed by atoms with Gasteiger partial charge >= 0.3 is 5.97 Å². The molecule has 1 atom stereocenters. The van der Waals surface area contributed by atoms with Crippen LogP contribution in [0.1, 0.15) is 50.7 Å². The number of rotatable bonds is 4. The maximum absolute atomic E-state index is 11.7. The van der Waals surface area contributed by atoms with Crippen molar-refractivity contribution in [2.24, 2.45) is 7.05 Å². The van der Waals surface area contributed by atoms with Crippen LogP contribution in [-0.2, 0) is 16.6 Å². The van der Waals surface area contributed by atoms with Gasteiger partial charge in [0.2, 0.25) is 0 Å². The number of aromatic nitrogens is 2. The van der Waals surface area contributed by atoms with E-state index in [1.165, 1.54) is 0 Å². The van der Waals surface area contributed by atoms with Gasteiger partial charge in [-0.1, -0.05) is 0 Å². The third-order valence-corrected chi connectivity index (χ3v) is 2.97. The van der Waals surface area contributed by atoms with E-state index in [9.17, 15) is 4.79 Å². The van der Waals surface area contributed by atoms with Crippen molar-refractivity contribution in [3.8, 4) is 0 Å². The van der Waals surface area contributed by atoms with Gasteiger partial charge in [0.15, 0.2) is 0 Å². The highest BCUT2D eigenvalue weighted by Crippen LogP contribution is 2.20. The molecule has 0 radical (unpaired) electrons. The Labute approximate surface area is 115 Å². The van der Waals surface area contributed by atoms with Crippen LogP contribution in [0.5, 0.6) is 0 Å². The van der Waals surface area contributed by atoms with Gasteiger partial charge in [0.1, 0.15) is 5.60 Å². The van der Waals surface area contributed by atoms with Crippen LogP contribution in [0.2, 0.25) is 0 Å². The largest absolute Gasteiger partial charge is 0.459 e. The van der Waals surface area contributed by atoms with Crippen LogP contribution >= 0.6 is 0 Å². The lowest BCUT2D eigenvalue weighted by atomic mass is 10.1. The number of esters is 1. The van der Waals surface area contributed by atoms with E-state index in [0.29, 0.717) is 0 Å². The maximum atomic E-state index is 11.7. The van der Waals surface area contributed by atoms with Crippen LogP contribution in [-0.4, -0.2) is 27.9 Å². The SMILES string of the molecule is Cc1nn(C)c(C)c1C(C)NCC(=O)OC(C)(C)C. The second-order valence-corrected chi connectivity index (χ2v) is 5.90. The van der Waals surface area contributed by atoms with E-state index in [2.05, 4.69) is 10.4 Å². The van der Waals surface area contributed by atoms with Gasteiger partial charge in [-0.05, 0) is 41.5 Å². The monoisotopic (exact) mass is 267 g/mol. The van der Waals surface area contributed by atoms with Gasteiger partial charge in [0.05, 0.1) is 12.2 Å². The predicted octanol–water partition coefficient (Wildman–Crippen LogP) is 2.03. The number of hydrogen-bond donors (Lipinski definition) is 1. The van der Waals surface area contributed by atoms with Gasteiger partial charge in [0.25, 0.3) is 0 Å². The molecule has 0 aliphatic rings. The van der Waals surface area contributed by atoms with Crippen LogP contribution in [0.25, 0.3) is 0 Å². The van der Waals surface area contributed by atoms with E-state index in [0.717, 1.165) is 17.0 Å². The zero-order chi connectivity index (χ0) is 14.8. The molecule has 1 N–H and O–H groups in total. The molecule has 1 rings (SSSR count). The summed E-state index contributed by atoms with van der Waals surface area (Å²) >= 11 is 0. The first-order valence-electron chi connectivity index (χ1n) is 6.57. The highest BCUT2D eigenvalue weighted by Gasteiger charge is 2.19. The van der Waals surface area contributed by atoms with Crippen molar-refractivity contribution in [2.75, 3.05) is 6.54 Å². The van der Waals surface area contributed by atoms with Crippen molar-refractivity contribution in [3.05, 3.63) is 17.0 Å². The maximum Gasteiger partial charge on any atom is 0.320 e. The van der Waals surface area contributed by atoms with E-state index in [1.54, 1.807) is 0 Å². The number of nitrogens with zero attached hydrogens (tertiary/aromatic N) is 2. The molecule has 5 heteroatoms. The fraction of sp³-hybridized carbons (Fsp3) is 0.714. The van der Waals surface area contributed by atoms with E-state index < -0.39 is 5.60 Å². The number of ether oxygens (including phenoxy) is 1. The molecule has 0 spiro atoms. The van der Waals surface area contributed by atoms with E-state index in [-0.39, 0.29) is 18.6 Å². The lowest BCUT2D eigenvalue weighted by Gasteiger charge is -2.21. The number of hydrogen-bond acceptors (Lipinski definition) is 4. The second kappa shape index (κ2) is 5.74. The summed E-state index contributed by atoms with van der Waals surface area (Å²) in [7, 11) is 1.92. The molecule has 1 aromatic heterocycles.